The minimum Gasteiger partial charge on any atom is -0.434 e. The summed E-state index contributed by atoms with van der Waals surface area (Å²) in [5.74, 6) is 0. The second kappa shape index (κ2) is 14.4. The van der Waals surface area contributed by atoms with Crippen molar-refractivity contribution >= 4 is 32.4 Å². The fraction of sp³-hybridized carbons (Fsp3) is 0.750. The summed E-state index contributed by atoms with van der Waals surface area (Å²) in [6.45, 7) is 9.68. The van der Waals surface area contributed by atoms with E-state index in [1.54, 1.807) is 0 Å². The molecule has 16 nitrogen and oxygen atoms in total. The lowest BCUT2D eigenvalue weighted by molar-refractivity contribution is -0.0984. The van der Waals surface area contributed by atoms with E-state index in [4.69, 9.17) is 49.5 Å². The Bertz CT molecular complexity index is 1190. The minimum atomic E-state index is -4.68. The molecule has 0 aliphatic carbocycles. The van der Waals surface area contributed by atoms with Crippen LogP contribution in [0.25, 0.3) is 0 Å². The molecule has 1 unspecified atom stereocenters. The van der Waals surface area contributed by atoms with E-state index in [2.05, 4.69) is 4.98 Å². The van der Waals surface area contributed by atoms with Gasteiger partial charge in [-0.15, -0.1) is 0 Å². The van der Waals surface area contributed by atoms with Gasteiger partial charge in [0.1, 0.15) is 17.8 Å². The van der Waals surface area contributed by atoms with Gasteiger partial charge in [0.15, 0.2) is 11.0 Å². The second-order valence-electron chi connectivity index (χ2n) is 11.9. The zero-order valence-electron chi connectivity index (χ0n) is 24.5. The Morgan fingerprint density at radius 3 is 1.98 bits per heavy atom. The van der Waals surface area contributed by atoms with Crippen LogP contribution in [0.5, 0.6) is 0 Å². The van der Waals surface area contributed by atoms with Crippen molar-refractivity contribution in [2.75, 3.05) is 33.4 Å². The van der Waals surface area contributed by atoms with Crippen LogP contribution in [0.3, 0.4) is 0 Å². The van der Waals surface area contributed by atoms with Crippen LogP contribution in [0.2, 0.25) is 0 Å². The van der Waals surface area contributed by atoms with Crippen molar-refractivity contribution < 1.29 is 61.6 Å². The monoisotopic (exact) mass is 642 g/mol. The molecule has 0 aromatic carbocycles. The highest BCUT2D eigenvalue weighted by molar-refractivity contribution is 7.71. The van der Waals surface area contributed by atoms with E-state index in [0.29, 0.717) is 0 Å². The normalized spacial score (nSPS) is 22.9. The molecule has 0 radical (unpaired) electrons. The number of nitrogens with one attached hydrogen (secondary N) is 1. The molecule has 1 aromatic rings. The number of carbonyl (C=O) groups excluding carboxylic acids is 2. The maximum Gasteiger partial charge on any atom is 0.510 e. The third-order valence-corrected chi connectivity index (χ3v) is 6.90. The lowest BCUT2D eigenvalue weighted by Crippen LogP contribution is -2.44. The van der Waals surface area contributed by atoms with Crippen LogP contribution >= 0.6 is 20.0 Å². The van der Waals surface area contributed by atoms with Gasteiger partial charge in [-0.05, 0) is 30.0 Å². The molecule has 2 rings (SSSR count). The van der Waals surface area contributed by atoms with E-state index < -0.39 is 69.9 Å². The first-order valence-electron chi connectivity index (χ1n) is 12.7. The molecule has 3 N–H and O–H groups in total. The molecule has 42 heavy (non-hydrogen) atoms. The molecule has 240 valence electrons. The summed E-state index contributed by atoms with van der Waals surface area (Å²) in [6.07, 6.45) is -5.20. The van der Waals surface area contributed by atoms with Crippen LogP contribution in [0.1, 0.15) is 54.7 Å². The average Bonchev–Trinajstić information content (AvgIpc) is 3.08. The SMILES string of the molecule is CC(C)(C)COC(=O)OCOP(=O)(OCOC(=O)OCC(C)(C)C)OC[C@H]1O[C@@H](n2ccc(=O)[nH]c2=S)C(C)(O)[C@H]1O. The Balaban J connectivity index is 2.07. The van der Waals surface area contributed by atoms with E-state index in [0.717, 1.165) is 6.07 Å². The van der Waals surface area contributed by atoms with Gasteiger partial charge in [-0.25, -0.2) is 23.2 Å². The molecule has 1 aromatic heterocycles. The molecular weight excluding hydrogens is 603 g/mol. The number of H-pyrrole nitrogens is 1. The number of phosphoric ester groups is 1. The number of hydrogen-bond acceptors (Lipinski definition) is 15. The number of hydrogen-bond donors (Lipinski definition) is 3. The van der Waals surface area contributed by atoms with Gasteiger partial charge >= 0.3 is 20.1 Å². The average molecular weight is 643 g/mol. The van der Waals surface area contributed by atoms with Crippen molar-refractivity contribution in [2.45, 2.75) is 72.5 Å². The number of nitrogens with zero attached hydrogens (tertiary/aromatic N) is 1. The number of ether oxygens (including phenoxy) is 5. The highest BCUT2D eigenvalue weighted by Gasteiger charge is 2.53. The van der Waals surface area contributed by atoms with Crippen LogP contribution in [0.4, 0.5) is 9.59 Å². The smallest absolute Gasteiger partial charge is 0.434 e. The minimum absolute atomic E-state index is 0.0261. The van der Waals surface area contributed by atoms with Gasteiger partial charge in [-0.3, -0.25) is 18.9 Å². The predicted octanol–water partition coefficient (Wildman–Crippen LogP) is 3.39. The van der Waals surface area contributed by atoms with Gasteiger partial charge in [-0.1, -0.05) is 41.5 Å². The van der Waals surface area contributed by atoms with E-state index >= 15 is 0 Å². The van der Waals surface area contributed by atoms with Gasteiger partial charge in [0.05, 0.1) is 19.8 Å². The fourth-order valence-corrected chi connectivity index (χ4v) is 4.35. The van der Waals surface area contributed by atoms with Crippen molar-refractivity contribution in [1.29, 1.82) is 0 Å². The first-order valence-corrected chi connectivity index (χ1v) is 14.6. The Kier molecular flexibility index (Phi) is 12.3. The second-order valence-corrected chi connectivity index (χ2v) is 14.0. The van der Waals surface area contributed by atoms with Crippen LogP contribution < -0.4 is 5.56 Å². The summed E-state index contributed by atoms with van der Waals surface area (Å²) in [6, 6.07) is 1.14. The summed E-state index contributed by atoms with van der Waals surface area (Å²) in [4.78, 5) is 37.6. The maximum absolute atomic E-state index is 13.3. The number of aromatic amines is 1. The van der Waals surface area contributed by atoms with Crippen molar-refractivity contribution in [3.63, 3.8) is 0 Å². The molecule has 0 bridgehead atoms. The topological polar surface area (TPSA) is 203 Å². The van der Waals surface area contributed by atoms with Gasteiger partial charge in [0, 0.05) is 12.3 Å². The van der Waals surface area contributed by atoms with Crippen LogP contribution in [-0.4, -0.2) is 83.3 Å². The zero-order valence-corrected chi connectivity index (χ0v) is 26.2. The molecule has 2 heterocycles. The maximum atomic E-state index is 13.3. The number of phosphoric acid groups is 1. The quantitative estimate of drug-likeness (QED) is 0.129. The van der Waals surface area contributed by atoms with Crippen molar-refractivity contribution in [3.05, 3.63) is 27.4 Å². The van der Waals surface area contributed by atoms with Crippen molar-refractivity contribution in [1.82, 2.24) is 9.55 Å². The Hall–Kier alpha value is -2.37. The molecule has 0 amide bonds. The van der Waals surface area contributed by atoms with Gasteiger partial charge in [-0.2, -0.15) is 0 Å². The first-order chi connectivity index (χ1) is 19.2. The van der Waals surface area contributed by atoms with Crippen molar-refractivity contribution in [3.8, 4) is 0 Å². The molecule has 0 saturated carbocycles. The first kappa shape index (κ1) is 35.8. The molecule has 1 saturated heterocycles. The number of rotatable bonds is 12. The molecule has 1 aliphatic rings. The predicted molar refractivity (Wildman–Crippen MR) is 146 cm³/mol. The summed E-state index contributed by atoms with van der Waals surface area (Å²) in [7, 11) is -4.68. The van der Waals surface area contributed by atoms with Crippen LogP contribution in [0, 0.1) is 15.6 Å². The lowest BCUT2D eigenvalue weighted by atomic mass is 9.96. The lowest BCUT2D eigenvalue weighted by Gasteiger charge is -2.28. The van der Waals surface area contributed by atoms with Gasteiger partial charge in [0.2, 0.25) is 13.6 Å². The molecule has 0 spiro atoms. The van der Waals surface area contributed by atoms with E-state index in [-0.39, 0.29) is 28.8 Å². The zero-order chi connectivity index (χ0) is 31.9. The molecule has 4 atom stereocenters. The van der Waals surface area contributed by atoms with E-state index in [1.807, 2.05) is 41.5 Å². The highest BCUT2D eigenvalue weighted by Crippen LogP contribution is 2.50. The van der Waals surface area contributed by atoms with Crippen LogP contribution in [0.15, 0.2) is 17.1 Å². The third kappa shape index (κ3) is 11.4. The third-order valence-electron chi connectivity index (χ3n) is 5.28. The molecule has 18 heteroatoms. The summed E-state index contributed by atoms with van der Waals surface area (Å²) in [5, 5.41) is 21.6. The highest BCUT2D eigenvalue weighted by atomic mass is 32.1. The Morgan fingerprint density at radius 2 is 1.52 bits per heavy atom. The van der Waals surface area contributed by atoms with E-state index in [1.165, 1.54) is 17.7 Å². The number of aliphatic hydroxyl groups is 2. The van der Waals surface area contributed by atoms with Gasteiger partial charge < -0.3 is 33.9 Å². The van der Waals surface area contributed by atoms with Crippen molar-refractivity contribution in [2.24, 2.45) is 10.8 Å². The summed E-state index contributed by atoms with van der Waals surface area (Å²) in [5.41, 5.74) is -3.13. The summed E-state index contributed by atoms with van der Waals surface area (Å²) >= 11 is 5.11. The van der Waals surface area contributed by atoms with E-state index in [9.17, 15) is 29.2 Å². The molecule has 1 fully saturated rings. The van der Waals surface area contributed by atoms with Crippen LogP contribution in [-0.2, 0) is 41.8 Å². The number of aromatic nitrogens is 2. The summed E-state index contributed by atoms with van der Waals surface area (Å²) < 4.78 is 54.7. The Labute approximate surface area is 247 Å². The number of aliphatic hydroxyl groups excluding tert-OH is 1. The fourth-order valence-electron chi connectivity index (χ4n) is 3.18. The molecular formula is C24H39N2O14PS. The Morgan fingerprint density at radius 1 is 1.02 bits per heavy atom. The largest absolute Gasteiger partial charge is 0.510 e. The standard InChI is InChI=1S/C24H39N2O14PS/c1-22(2,3)11-33-20(29)35-13-38-41(32,39-14-36-21(30)34-12-23(4,5)6)37-10-15-17(28)24(7,31)18(40-15)26-9-8-16(27)25-19(26)42/h8-9,15,17-18,28,31H,10-14H2,1-7H3,(H,25,27,42)/t15-,17+,18-,24?/m1/s1. The molecule has 1 aliphatic heterocycles. The van der Waals surface area contributed by atoms with Gasteiger partial charge in [0.25, 0.3) is 5.56 Å². The number of carbonyl (C=O) groups is 2.